The van der Waals surface area contributed by atoms with Crippen molar-refractivity contribution >= 4 is 15.7 Å². The number of imidazole rings is 1. The number of hydrogen-bond donors (Lipinski definition) is 1. The fourth-order valence-electron chi connectivity index (χ4n) is 3.29. The van der Waals surface area contributed by atoms with Gasteiger partial charge in [-0.3, -0.25) is 4.79 Å². The summed E-state index contributed by atoms with van der Waals surface area (Å²) in [4.78, 5) is 16.5. The topological polar surface area (TPSA) is 81.1 Å². The lowest BCUT2D eigenvalue weighted by atomic mass is 10.0. The summed E-state index contributed by atoms with van der Waals surface area (Å²) in [7, 11) is -2.90. The van der Waals surface area contributed by atoms with Crippen molar-refractivity contribution in [2.45, 2.75) is 45.2 Å². The summed E-state index contributed by atoms with van der Waals surface area (Å²) < 4.78 is 24.9. The lowest BCUT2D eigenvalue weighted by molar-refractivity contribution is -0.122. The van der Waals surface area contributed by atoms with Crippen molar-refractivity contribution in [2.24, 2.45) is 5.92 Å². The van der Waals surface area contributed by atoms with E-state index >= 15 is 0 Å². The van der Waals surface area contributed by atoms with Crippen LogP contribution in [0.25, 0.3) is 0 Å². The Morgan fingerprint density at radius 2 is 2.29 bits per heavy atom. The molecular weight excluding hydrogens is 290 g/mol. The van der Waals surface area contributed by atoms with Gasteiger partial charge in [0.2, 0.25) is 5.91 Å². The first-order chi connectivity index (χ1) is 9.91. The van der Waals surface area contributed by atoms with E-state index in [1.807, 2.05) is 13.1 Å². The fourth-order valence-corrected chi connectivity index (χ4v) is 5.15. The van der Waals surface area contributed by atoms with Gasteiger partial charge >= 0.3 is 0 Å². The van der Waals surface area contributed by atoms with Crippen LogP contribution in [0.2, 0.25) is 0 Å². The van der Waals surface area contributed by atoms with Gasteiger partial charge in [0.05, 0.1) is 17.2 Å². The quantitative estimate of drug-likeness (QED) is 0.878. The summed E-state index contributed by atoms with van der Waals surface area (Å²) in [5.74, 6) is 1.44. The van der Waals surface area contributed by atoms with Gasteiger partial charge in [0, 0.05) is 31.6 Å². The number of carbonyl (C=O) groups excluding carboxylic acids is 1. The normalized spacial score (nSPS) is 27.3. The van der Waals surface area contributed by atoms with Gasteiger partial charge in [0.15, 0.2) is 9.84 Å². The van der Waals surface area contributed by atoms with E-state index in [-0.39, 0.29) is 29.4 Å². The van der Waals surface area contributed by atoms with Crippen molar-refractivity contribution in [3.63, 3.8) is 0 Å². The van der Waals surface area contributed by atoms with Gasteiger partial charge in [-0.1, -0.05) is 0 Å². The first-order valence-corrected chi connectivity index (χ1v) is 9.26. The maximum atomic E-state index is 12.1. The van der Waals surface area contributed by atoms with Crippen molar-refractivity contribution < 1.29 is 13.2 Å². The Morgan fingerprint density at radius 1 is 1.48 bits per heavy atom. The Hall–Kier alpha value is -1.37. The van der Waals surface area contributed by atoms with Crippen LogP contribution in [0.5, 0.6) is 0 Å². The van der Waals surface area contributed by atoms with Crippen LogP contribution >= 0.6 is 0 Å². The number of aromatic nitrogens is 2. The molecule has 3 rings (SSSR count). The monoisotopic (exact) mass is 311 g/mol. The zero-order valence-corrected chi connectivity index (χ0v) is 13.0. The zero-order valence-electron chi connectivity index (χ0n) is 12.2. The molecule has 0 unspecified atom stereocenters. The molecule has 0 bridgehead atoms. The van der Waals surface area contributed by atoms with Gasteiger partial charge in [0.25, 0.3) is 0 Å². The molecule has 7 heteroatoms. The summed E-state index contributed by atoms with van der Waals surface area (Å²) in [6.07, 6.45) is 4.72. The molecule has 1 aromatic heterocycles. The van der Waals surface area contributed by atoms with Crippen molar-refractivity contribution in [3.8, 4) is 0 Å². The molecule has 2 atom stereocenters. The van der Waals surface area contributed by atoms with Crippen molar-refractivity contribution in [1.82, 2.24) is 14.9 Å². The second kappa shape index (κ2) is 5.44. The van der Waals surface area contributed by atoms with Gasteiger partial charge in [-0.15, -0.1) is 0 Å². The van der Waals surface area contributed by atoms with Gasteiger partial charge < -0.3 is 9.88 Å². The number of hydrogen-bond acceptors (Lipinski definition) is 4. The molecule has 0 aliphatic carbocycles. The molecular formula is C14H21N3O3S. The molecule has 1 fully saturated rings. The molecule has 2 aliphatic rings. The van der Waals surface area contributed by atoms with E-state index in [0.717, 1.165) is 30.9 Å². The number of rotatable bonds is 3. The molecule has 1 amide bonds. The van der Waals surface area contributed by atoms with Crippen LogP contribution in [0.1, 0.15) is 30.8 Å². The molecule has 2 aliphatic heterocycles. The van der Waals surface area contributed by atoms with Crippen LogP contribution in [-0.2, 0) is 27.6 Å². The first kappa shape index (κ1) is 14.6. The van der Waals surface area contributed by atoms with E-state index in [0.29, 0.717) is 12.8 Å². The summed E-state index contributed by atoms with van der Waals surface area (Å²) in [5, 5.41) is 3.04. The van der Waals surface area contributed by atoms with Crippen molar-refractivity contribution in [1.29, 1.82) is 0 Å². The average Bonchev–Trinajstić information content (AvgIpc) is 2.90. The fraction of sp³-hybridized carbons (Fsp3) is 0.714. The third kappa shape index (κ3) is 3.45. The highest BCUT2D eigenvalue weighted by molar-refractivity contribution is 7.91. The number of carbonyl (C=O) groups is 1. The first-order valence-electron chi connectivity index (χ1n) is 7.44. The Labute approximate surface area is 124 Å². The largest absolute Gasteiger partial charge is 0.352 e. The Balaban J connectivity index is 1.52. The van der Waals surface area contributed by atoms with Crippen molar-refractivity contribution in [3.05, 3.63) is 17.7 Å². The van der Waals surface area contributed by atoms with Crippen LogP contribution in [0.4, 0.5) is 0 Å². The van der Waals surface area contributed by atoms with Gasteiger partial charge in [0.1, 0.15) is 5.82 Å². The van der Waals surface area contributed by atoms with E-state index in [2.05, 4.69) is 14.9 Å². The predicted octanol–water partition coefficient (Wildman–Crippen LogP) is 0.447. The highest BCUT2D eigenvalue weighted by Gasteiger charge is 2.30. The van der Waals surface area contributed by atoms with Gasteiger partial charge in [-0.2, -0.15) is 0 Å². The number of sulfone groups is 1. The number of nitrogens with zero attached hydrogens (tertiary/aromatic N) is 2. The number of nitrogens with one attached hydrogen (secondary N) is 1. The predicted molar refractivity (Wildman–Crippen MR) is 78.6 cm³/mol. The molecule has 1 aromatic rings. The van der Waals surface area contributed by atoms with E-state index in [9.17, 15) is 13.2 Å². The minimum absolute atomic E-state index is 0.00959. The Bertz CT molecular complexity index is 650. The van der Waals surface area contributed by atoms with Crippen LogP contribution in [0.15, 0.2) is 6.20 Å². The minimum Gasteiger partial charge on any atom is -0.352 e. The maximum Gasteiger partial charge on any atom is 0.220 e. The second-order valence-electron chi connectivity index (χ2n) is 6.23. The summed E-state index contributed by atoms with van der Waals surface area (Å²) in [6.45, 7) is 2.73. The van der Waals surface area contributed by atoms with Crippen LogP contribution < -0.4 is 5.32 Å². The molecule has 3 heterocycles. The summed E-state index contributed by atoms with van der Waals surface area (Å²) >= 11 is 0. The molecule has 6 nitrogen and oxygen atoms in total. The highest BCUT2D eigenvalue weighted by Crippen LogP contribution is 2.22. The van der Waals surface area contributed by atoms with Crippen LogP contribution in [0.3, 0.4) is 0 Å². The third-order valence-corrected chi connectivity index (χ3v) is 6.12. The molecule has 21 heavy (non-hydrogen) atoms. The number of fused-ring (bicyclic) bond motifs is 1. The lowest BCUT2D eigenvalue weighted by Gasteiger charge is -2.25. The molecule has 0 radical (unpaired) electrons. The standard InChI is InChI=1S/C14H21N3O3S/c1-10-7-17-8-12(2-3-13(17)15-10)16-14(18)6-11-4-5-21(19,20)9-11/h7,11-12H,2-6,8-9H2,1H3,(H,16,18)/t11-,12+/m1/s1. The highest BCUT2D eigenvalue weighted by atomic mass is 32.2. The molecule has 0 saturated carbocycles. The minimum atomic E-state index is -2.90. The van der Waals surface area contributed by atoms with E-state index in [1.54, 1.807) is 0 Å². The molecule has 1 N–H and O–H groups in total. The van der Waals surface area contributed by atoms with E-state index in [1.165, 1.54) is 0 Å². The molecule has 116 valence electrons. The Morgan fingerprint density at radius 3 is 3.00 bits per heavy atom. The third-order valence-electron chi connectivity index (χ3n) is 4.28. The second-order valence-corrected chi connectivity index (χ2v) is 8.46. The van der Waals surface area contributed by atoms with Crippen LogP contribution in [0, 0.1) is 12.8 Å². The van der Waals surface area contributed by atoms with Gasteiger partial charge in [-0.25, -0.2) is 13.4 Å². The van der Waals surface area contributed by atoms with Crippen LogP contribution in [-0.4, -0.2) is 41.4 Å². The maximum absolute atomic E-state index is 12.1. The van der Waals surface area contributed by atoms with E-state index < -0.39 is 9.84 Å². The zero-order chi connectivity index (χ0) is 15.0. The average molecular weight is 311 g/mol. The van der Waals surface area contributed by atoms with E-state index in [4.69, 9.17) is 0 Å². The van der Waals surface area contributed by atoms with Gasteiger partial charge in [-0.05, 0) is 25.7 Å². The SMILES string of the molecule is Cc1cn2c(n1)CC[C@H](NC(=O)C[C@H]1CCS(=O)(=O)C1)C2. The lowest BCUT2D eigenvalue weighted by Crippen LogP contribution is -2.41. The molecule has 0 spiro atoms. The number of aryl methyl sites for hydroxylation is 2. The Kier molecular flexibility index (Phi) is 3.77. The smallest absolute Gasteiger partial charge is 0.220 e. The summed E-state index contributed by atoms with van der Waals surface area (Å²) in [5.41, 5.74) is 1.01. The summed E-state index contributed by atoms with van der Waals surface area (Å²) in [6, 6.07) is 0.122. The molecule has 0 aromatic carbocycles. The number of amides is 1. The van der Waals surface area contributed by atoms with Crippen molar-refractivity contribution in [2.75, 3.05) is 11.5 Å². The molecule has 1 saturated heterocycles.